The summed E-state index contributed by atoms with van der Waals surface area (Å²) in [6.45, 7) is 3.83. The zero-order valence-corrected chi connectivity index (χ0v) is 17.8. The van der Waals surface area contributed by atoms with E-state index >= 15 is 0 Å². The minimum Gasteiger partial charge on any atom is -0.316 e. The number of hydrogen-bond donors (Lipinski definition) is 1. The summed E-state index contributed by atoms with van der Waals surface area (Å²) >= 11 is 3.33. The number of pyridine rings is 1. The third kappa shape index (κ3) is 3.46. The summed E-state index contributed by atoms with van der Waals surface area (Å²) in [7, 11) is 0. The topological polar surface area (TPSA) is 84.3 Å². The molecule has 1 aliphatic heterocycles. The van der Waals surface area contributed by atoms with Crippen LogP contribution in [0.25, 0.3) is 11.8 Å². The van der Waals surface area contributed by atoms with E-state index in [0.29, 0.717) is 15.7 Å². The van der Waals surface area contributed by atoms with E-state index in [2.05, 4.69) is 26.2 Å². The molecule has 1 aromatic carbocycles. The predicted octanol–water partition coefficient (Wildman–Crippen LogP) is 3.92. The lowest BCUT2D eigenvalue weighted by atomic mass is 10.1. The van der Waals surface area contributed by atoms with Crippen molar-refractivity contribution in [1.82, 2.24) is 14.9 Å². The average Bonchev–Trinajstić information content (AvgIpc) is 2.99. The maximum absolute atomic E-state index is 13.1. The number of halogens is 1. The highest BCUT2D eigenvalue weighted by molar-refractivity contribution is 9.10. The SMILES string of the molecule is Cc1cc(/C=C2\C(=O)NC(=O)N(c3cccc(Br)c3)C2=O)c(C)n1-c1cccnc1. The zero-order chi connectivity index (χ0) is 21.4. The van der Waals surface area contributed by atoms with Gasteiger partial charge in [0.15, 0.2) is 0 Å². The van der Waals surface area contributed by atoms with E-state index in [-0.39, 0.29) is 5.57 Å². The third-order valence-electron chi connectivity index (χ3n) is 4.84. The molecule has 0 spiro atoms. The largest absolute Gasteiger partial charge is 0.335 e. The van der Waals surface area contributed by atoms with Gasteiger partial charge < -0.3 is 4.57 Å². The first-order valence-corrected chi connectivity index (χ1v) is 9.92. The van der Waals surface area contributed by atoms with Gasteiger partial charge in [0, 0.05) is 22.1 Å². The Morgan fingerprint density at radius 2 is 1.80 bits per heavy atom. The van der Waals surface area contributed by atoms with Gasteiger partial charge in [0.2, 0.25) is 0 Å². The molecule has 0 aliphatic carbocycles. The van der Waals surface area contributed by atoms with Crippen LogP contribution in [0.5, 0.6) is 0 Å². The van der Waals surface area contributed by atoms with Crippen LogP contribution in [0.2, 0.25) is 0 Å². The van der Waals surface area contributed by atoms with Crippen molar-refractivity contribution in [3.8, 4) is 5.69 Å². The quantitative estimate of drug-likeness (QED) is 0.470. The van der Waals surface area contributed by atoms with Gasteiger partial charge >= 0.3 is 6.03 Å². The second-order valence-corrected chi connectivity index (χ2v) is 7.73. The molecule has 0 radical (unpaired) electrons. The fraction of sp³-hybridized carbons (Fsp3) is 0.0909. The van der Waals surface area contributed by atoms with E-state index in [1.165, 1.54) is 6.08 Å². The van der Waals surface area contributed by atoms with Gasteiger partial charge in [-0.2, -0.15) is 0 Å². The number of urea groups is 1. The maximum atomic E-state index is 13.1. The zero-order valence-electron chi connectivity index (χ0n) is 16.2. The van der Waals surface area contributed by atoms with Crippen molar-refractivity contribution in [2.45, 2.75) is 13.8 Å². The Bertz CT molecular complexity index is 1210. The predicted molar refractivity (Wildman–Crippen MR) is 116 cm³/mol. The Morgan fingerprint density at radius 1 is 1.03 bits per heavy atom. The van der Waals surface area contributed by atoms with E-state index in [9.17, 15) is 14.4 Å². The fourth-order valence-electron chi connectivity index (χ4n) is 3.48. The number of hydrogen-bond acceptors (Lipinski definition) is 4. The van der Waals surface area contributed by atoms with Crippen LogP contribution in [0.4, 0.5) is 10.5 Å². The molecule has 3 heterocycles. The lowest BCUT2D eigenvalue weighted by Gasteiger charge is -2.26. The van der Waals surface area contributed by atoms with E-state index in [0.717, 1.165) is 22.0 Å². The number of rotatable bonds is 3. The first-order chi connectivity index (χ1) is 14.4. The Hall–Kier alpha value is -3.52. The number of amides is 4. The molecule has 0 bridgehead atoms. The van der Waals surface area contributed by atoms with Crippen LogP contribution in [-0.2, 0) is 9.59 Å². The lowest BCUT2D eigenvalue weighted by molar-refractivity contribution is -0.122. The molecule has 2 aromatic heterocycles. The summed E-state index contributed by atoms with van der Waals surface area (Å²) in [6.07, 6.45) is 4.95. The second kappa shape index (κ2) is 7.72. The van der Waals surface area contributed by atoms with Crippen LogP contribution in [-0.4, -0.2) is 27.4 Å². The molecular weight excluding hydrogens is 448 g/mol. The highest BCUT2D eigenvalue weighted by Crippen LogP contribution is 2.27. The summed E-state index contributed by atoms with van der Waals surface area (Å²) in [5.41, 5.74) is 3.61. The molecule has 4 amide bonds. The highest BCUT2D eigenvalue weighted by atomic mass is 79.9. The van der Waals surface area contributed by atoms with Crippen LogP contribution < -0.4 is 10.2 Å². The number of imide groups is 2. The summed E-state index contributed by atoms with van der Waals surface area (Å²) in [4.78, 5) is 43.0. The molecule has 1 saturated heterocycles. The third-order valence-corrected chi connectivity index (χ3v) is 5.34. The number of carbonyl (C=O) groups is 3. The summed E-state index contributed by atoms with van der Waals surface area (Å²) in [5, 5.41) is 2.25. The molecule has 0 atom stereocenters. The normalized spacial score (nSPS) is 15.6. The molecule has 8 heteroatoms. The number of barbiturate groups is 1. The van der Waals surface area contributed by atoms with E-state index in [4.69, 9.17) is 0 Å². The van der Waals surface area contributed by atoms with Crippen molar-refractivity contribution < 1.29 is 14.4 Å². The van der Waals surface area contributed by atoms with Crippen LogP contribution in [0.1, 0.15) is 17.0 Å². The summed E-state index contributed by atoms with van der Waals surface area (Å²) in [6, 6.07) is 11.6. The minimum atomic E-state index is -0.777. The average molecular weight is 465 g/mol. The molecule has 1 aliphatic rings. The summed E-state index contributed by atoms with van der Waals surface area (Å²) in [5.74, 6) is -1.39. The summed E-state index contributed by atoms with van der Waals surface area (Å²) < 4.78 is 2.70. The van der Waals surface area contributed by atoms with Crippen molar-refractivity contribution in [2.75, 3.05) is 4.90 Å². The van der Waals surface area contributed by atoms with Gasteiger partial charge in [0.05, 0.1) is 17.6 Å². The first kappa shape index (κ1) is 19.8. The first-order valence-electron chi connectivity index (χ1n) is 9.13. The van der Waals surface area contributed by atoms with Gasteiger partial charge in [-0.3, -0.25) is 19.9 Å². The number of benzene rings is 1. The maximum Gasteiger partial charge on any atom is 0.335 e. The molecular formula is C22H17BrN4O3. The van der Waals surface area contributed by atoms with E-state index < -0.39 is 17.8 Å². The fourth-order valence-corrected chi connectivity index (χ4v) is 3.87. The standard InChI is InChI=1S/C22H17BrN4O3/c1-13-9-15(14(2)26(13)18-7-4-8-24-12-18)10-19-20(28)25-22(30)27(21(19)29)17-6-3-5-16(23)11-17/h3-12H,1-2H3,(H,25,28,30)/b19-10+. The molecule has 150 valence electrons. The Balaban J connectivity index is 1.77. The van der Waals surface area contributed by atoms with Gasteiger partial charge in [-0.1, -0.05) is 22.0 Å². The molecule has 0 saturated carbocycles. The van der Waals surface area contributed by atoms with Crippen LogP contribution >= 0.6 is 15.9 Å². The van der Waals surface area contributed by atoms with Gasteiger partial charge in [-0.25, -0.2) is 9.69 Å². The van der Waals surface area contributed by atoms with Gasteiger partial charge in [0.1, 0.15) is 5.57 Å². The lowest BCUT2D eigenvalue weighted by Crippen LogP contribution is -2.54. The monoisotopic (exact) mass is 464 g/mol. The Labute approximate surface area is 181 Å². The molecule has 30 heavy (non-hydrogen) atoms. The highest BCUT2D eigenvalue weighted by Gasteiger charge is 2.37. The van der Waals surface area contributed by atoms with Crippen molar-refractivity contribution >= 4 is 45.5 Å². The number of aryl methyl sites for hydroxylation is 1. The minimum absolute atomic E-state index is 0.110. The molecule has 1 fully saturated rings. The molecule has 3 aromatic rings. The smallest absolute Gasteiger partial charge is 0.316 e. The van der Waals surface area contributed by atoms with Crippen LogP contribution in [0, 0.1) is 13.8 Å². The van der Waals surface area contributed by atoms with Crippen molar-refractivity contribution in [1.29, 1.82) is 0 Å². The van der Waals surface area contributed by atoms with Crippen molar-refractivity contribution in [3.63, 3.8) is 0 Å². The van der Waals surface area contributed by atoms with E-state index in [1.54, 1.807) is 36.7 Å². The van der Waals surface area contributed by atoms with Gasteiger partial charge in [-0.15, -0.1) is 0 Å². The Morgan fingerprint density at radius 3 is 2.50 bits per heavy atom. The van der Waals surface area contributed by atoms with Crippen LogP contribution in [0.3, 0.4) is 0 Å². The number of nitrogens with one attached hydrogen (secondary N) is 1. The Kier molecular flexibility index (Phi) is 5.09. The number of carbonyl (C=O) groups excluding carboxylic acids is 3. The molecule has 7 nitrogen and oxygen atoms in total. The number of aromatic nitrogens is 2. The van der Waals surface area contributed by atoms with E-state index in [1.807, 2.05) is 36.6 Å². The molecule has 0 unspecified atom stereocenters. The number of anilines is 1. The molecule has 4 rings (SSSR count). The second-order valence-electron chi connectivity index (χ2n) is 6.81. The van der Waals surface area contributed by atoms with Crippen LogP contribution in [0.15, 0.2) is 64.9 Å². The number of nitrogens with zero attached hydrogens (tertiary/aromatic N) is 3. The van der Waals surface area contributed by atoms with Crippen molar-refractivity contribution in [2.24, 2.45) is 0 Å². The van der Waals surface area contributed by atoms with Gasteiger partial charge in [0.25, 0.3) is 11.8 Å². The molecule has 1 N–H and O–H groups in total. The van der Waals surface area contributed by atoms with Crippen molar-refractivity contribution in [3.05, 3.63) is 81.9 Å². The van der Waals surface area contributed by atoms with Gasteiger partial charge in [-0.05, 0) is 61.9 Å².